The van der Waals surface area contributed by atoms with Crippen LogP contribution < -0.4 is 9.47 Å². The lowest BCUT2D eigenvalue weighted by Gasteiger charge is -2.18. The monoisotopic (exact) mass is 381 g/mol. The minimum absolute atomic E-state index is 0.0297. The van der Waals surface area contributed by atoms with E-state index in [1.165, 1.54) is 36.1 Å². The van der Waals surface area contributed by atoms with Crippen molar-refractivity contribution in [2.75, 3.05) is 13.7 Å². The van der Waals surface area contributed by atoms with Crippen LogP contribution in [0, 0.1) is 5.82 Å². The highest BCUT2D eigenvalue weighted by atomic mass is 19.3. The number of ketones is 1. The van der Waals surface area contributed by atoms with Crippen molar-refractivity contribution >= 4 is 11.7 Å². The van der Waals surface area contributed by atoms with Gasteiger partial charge < -0.3 is 14.4 Å². The summed E-state index contributed by atoms with van der Waals surface area (Å²) in [6.45, 7) is -1.73. The van der Waals surface area contributed by atoms with Crippen LogP contribution in [0.3, 0.4) is 0 Å². The van der Waals surface area contributed by atoms with Gasteiger partial charge in [-0.3, -0.25) is 9.59 Å². The number of nitrogens with zero attached hydrogens (tertiary/aromatic N) is 1. The highest BCUT2D eigenvalue weighted by Gasteiger charge is 2.13. The van der Waals surface area contributed by atoms with Crippen molar-refractivity contribution in [3.8, 4) is 11.5 Å². The van der Waals surface area contributed by atoms with Gasteiger partial charge in [0.15, 0.2) is 12.4 Å². The van der Waals surface area contributed by atoms with E-state index < -0.39 is 18.2 Å². The van der Waals surface area contributed by atoms with Crippen molar-refractivity contribution in [2.24, 2.45) is 0 Å². The molecule has 2 aromatic carbocycles. The Balaban J connectivity index is 1.88. The zero-order chi connectivity index (χ0) is 20.0. The summed E-state index contributed by atoms with van der Waals surface area (Å²) in [6.07, 6.45) is 0. The largest absolute Gasteiger partial charge is 0.484 e. The normalized spacial score (nSPS) is 10.6. The molecule has 0 aliphatic carbocycles. The first kappa shape index (κ1) is 20.3. The fourth-order valence-corrected chi connectivity index (χ4v) is 2.26. The lowest BCUT2D eigenvalue weighted by atomic mass is 10.1. The van der Waals surface area contributed by atoms with Crippen LogP contribution in [-0.2, 0) is 11.3 Å². The summed E-state index contributed by atoms with van der Waals surface area (Å²) in [5.74, 6) is -1.32. The lowest BCUT2D eigenvalue weighted by Crippen LogP contribution is -2.30. The predicted molar refractivity (Wildman–Crippen MR) is 91.4 cm³/mol. The molecule has 0 aromatic heterocycles. The van der Waals surface area contributed by atoms with Crippen LogP contribution in [0.5, 0.6) is 11.5 Å². The maximum Gasteiger partial charge on any atom is 0.387 e. The van der Waals surface area contributed by atoms with E-state index in [2.05, 4.69) is 4.74 Å². The van der Waals surface area contributed by atoms with Gasteiger partial charge in [0, 0.05) is 19.7 Å². The number of carbonyl (C=O) groups is 2. The first-order chi connectivity index (χ1) is 12.8. The van der Waals surface area contributed by atoms with Crippen molar-refractivity contribution in [1.82, 2.24) is 4.90 Å². The Labute approximate surface area is 154 Å². The summed E-state index contributed by atoms with van der Waals surface area (Å²) in [7, 11) is 1.55. The third-order valence-electron chi connectivity index (χ3n) is 3.68. The Hall–Kier alpha value is -3.03. The molecule has 0 bridgehead atoms. The second-order valence-corrected chi connectivity index (χ2v) is 5.76. The Morgan fingerprint density at radius 3 is 2.26 bits per heavy atom. The summed E-state index contributed by atoms with van der Waals surface area (Å²) in [5.41, 5.74) is 0.661. The summed E-state index contributed by atoms with van der Waals surface area (Å²) in [4.78, 5) is 24.7. The van der Waals surface area contributed by atoms with E-state index in [0.717, 1.165) is 6.07 Å². The van der Waals surface area contributed by atoms with Crippen LogP contribution in [0.15, 0.2) is 42.5 Å². The number of likely N-dealkylation sites (N-methyl/N-ethyl adjacent to an activating group) is 1. The molecular formula is C19H18F3NO4. The minimum atomic E-state index is -2.90. The van der Waals surface area contributed by atoms with Gasteiger partial charge in [-0.1, -0.05) is 12.1 Å². The first-order valence-electron chi connectivity index (χ1n) is 7.97. The quantitative estimate of drug-likeness (QED) is 0.655. The minimum Gasteiger partial charge on any atom is -0.484 e. The predicted octanol–water partition coefficient (Wildman–Crippen LogP) is 3.67. The zero-order valence-corrected chi connectivity index (χ0v) is 14.7. The molecule has 0 aliphatic rings. The number of rotatable bonds is 8. The molecule has 0 heterocycles. The van der Waals surface area contributed by atoms with Gasteiger partial charge in [0.1, 0.15) is 17.3 Å². The molecule has 27 heavy (non-hydrogen) atoms. The van der Waals surface area contributed by atoms with Crippen molar-refractivity contribution in [3.05, 3.63) is 59.4 Å². The number of hydrogen-bond acceptors (Lipinski definition) is 4. The van der Waals surface area contributed by atoms with Gasteiger partial charge in [-0.15, -0.1) is 0 Å². The molecule has 1 amide bonds. The molecule has 144 valence electrons. The molecule has 8 heteroatoms. The summed E-state index contributed by atoms with van der Waals surface area (Å²) in [5, 5.41) is 0. The van der Waals surface area contributed by atoms with E-state index in [-0.39, 0.29) is 36.1 Å². The number of alkyl halides is 2. The molecule has 0 unspecified atom stereocenters. The Morgan fingerprint density at radius 2 is 1.70 bits per heavy atom. The fourth-order valence-electron chi connectivity index (χ4n) is 2.26. The van der Waals surface area contributed by atoms with E-state index in [9.17, 15) is 22.8 Å². The Kier molecular flexibility index (Phi) is 6.81. The molecule has 0 fully saturated rings. The number of carbonyl (C=O) groups excluding carboxylic acids is 2. The molecule has 0 saturated carbocycles. The summed E-state index contributed by atoms with van der Waals surface area (Å²) in [6, 6.07) is 9.66. The second kappa shape index (κ2) is 9.07. The van der Waals surface area contributed by atoms with Crippen LogP contribution in [0.1, 0.15) is 22.8 Å². The number of halogens is 3. The van der Waals surface area contributed by atoms with Gasteiger partial charge in [-0.2, -0.15) is 8.78 Å². The van der Waals surface area contributed by atoms with Crippen molar-refractivity contribution in [3.63, 3.8) is 0 Å². The Morgan fingerprint density at radius 1 is 1.07 bits per heavy atom. The third-order valence-corrected chi connectivity index (χ3v) is 3.68. The van der Waals surface area contributed by atoms with Gasteiger partial charge in [0.2, 0.25) is 0 Å². The van der Waals surface area contributed by atoms with Crippen molar-refractivity contribution in [1.29, 1.82) is 0 Å². The number of benzene rings is 2. The van der Waals surface area contributed by atoms with E-state index in [1.807, 2.05) is 0 Å². The maximum atomic E-state index is 13.7. The molecule has 0 spiro atoms. The van der Waals surface area contributed by atoms with Gasteiger partial charge in [-0.05, 0) is 36.8 Å². The number of ether oxygens (including phenoxy) is 2. The molecule has 2 aromatic rings. The highest BCUT2D eigenvalue weighted by molar-refractivity contribution is 5.94. The van der Waals surface area contributed by atoms with Gasteiger partial charge in [0.25, 0.3) is 5.91 Å². The molecule has 2 rings (SSSR count). The molecule has 5 nitrogen and oxygen atoms in total. The number of Topliss-reactive ketones (excluding diaryl/α,β-unsaturated/α-hetero) is 1. The van der Waals surface area contributed by atoms with Crippen molar-refractivity contribution in [2.45, 2.75) is 20.1 Å². The van der Waals surface area contributed by atoms with Crippen LogP contribution in [-0.4, -0.2) is 36.9 Å². The highest BCUT2D eigenvalue weighted by Crippen LogP contribution is 2.18. The number of hydrogen-bond donors (Lipinski definition) is 0. The van der Waals surface area contributed by atoms with E-state index in [0.29, 0.717) is 5.56 Å². The summed E-state index contributed by atoms with van der Waals surface area (Å²) < 4.78 is 47.5. The molecule has 0 N–H and O–H groups in total. The van der Waals surface area contributed by atoms with Crippen LogP contribution in [0.4, 0.5) is 13.2 Å². The summed E-state index contributed by atoms with van der Waals surface area (Å²) >= 11 is 0. The number of amides is 1. The topological polar surface area (TPSA) is 55.8 Å². The molecule has 0 aliphatic heterocycles. The van der Waals surface area contributed by atoms with E-state index in [4.69, 9.17) is 4.74 Å². The molecular weight excluding hydrogens is 363 g/mol. The smallest absolute Gasteiger partial charge is 0.387 e. The Bertz CT molecular complexity index is 809. The van der Waals surface area contributed by atoms with Gasteiger partial charge in [-0.25, -0.2) is 4.39 Å². The zero-order valence-electron chi connectivity index (χ0n) is 14.7. The van der Waals surface area contributed by atoms with Crippen molar-refractivity contribution < 1.29 is 32.2 Å². The van der Waals surface area contributed by atoms with Crippen LogP contribution in [0.25, 0.3) is 0 Å². The first-order valence-corrected chi connectivity index (χ1v) is 7.97. The van der Waals surface area contributed by atoms with Gasteiger partial charge in [0.05, 0.1) is 5.56 Å². The average molecular weight is 381 g/mol. The van der Waals surface area contributed by atoms with E-state index >= 15 is 0 Å². The van der Waals surface area contributed by atoms with Crippen LogP contribution in [0.2, 0.25) is 0 Å². The molecule has 0 radical (unpaired) electrons. The second-order valence-electron chi connectivity index (χ2n) is 5.76. The maximum absolute atomic E-state index is 13.7. The molecule has 0 saturated heterocycles. The third kappa shape index (κ3) is 6.02. The molecule has 0 atom stereocenters. The van der Waals surface area contributed by atoms with Gasteiger partial charge >= 0.3 is 6.61 Å². The average Bonchev–Trinajstić information content (AvgIpc) is 2.60. The fraction of sp³-hybridized carbons (Fsp3) is 0.263. The lowest BCUT2D eigenvalue weighted by molar-refractivity contribution is -0.132. The van der Waals surface area contributed by atoms with Crippen LogP contribution >= 0.6 is 0 Å². The SMILES string of the molecule is CC(=O)c1ccc(OCC(=O)N(C)Cc2ccc(OC(F)F)cc2)cc1F. The van der Waals surface area contributed by atoms with E-state index in [1.54, 1.807) is 19.2 Å². The standard InChI is InChI=1S/C19H18F3NO4/c1-12(24)16-8-7-15(9-17(16)20)26-11-18(25)23(2)10-13-3-5-14(6-4-13)27-19(21)22/h3-9,19H,10-11H2,1-2H3.